The average Bonchev–Trinajstić information content (AvgIpc) is 3.48. The van der Waals surface area contributed by atoms with Gasteiger partial charge in [-0.2, -0.15) is 7.11 Å². The van der Waals surface area contributed by atoms with Gasteiger partial charge in [0.15, 0.2) is 6.29 Å². The number of aldehydes is 1. The van der Waals surface area contributed by atoms with Gasteiger partial charge >= 0.3 is 29.6 Å². The first kappa shape index (κ1) is 33.0. The van der Waals surface area contributed by atoms with Crippen molar-refractivity contribution in [2.24, 2.45) is 5.41 Å². The van der Waals surface area contributed by atoms with Crippen LogP contribution in [-0.4, -0.2) is 61.0 Å². The third-order valence-electron chi connectivity index (χ3n) is 8.46. The zero-order valence-electron chi connectivity index (χ0n) is 26.2. The molecule has 8 heteroatoms. The number of rotatable bonds is 7. The van der Waals surface area contributed by atoms with E-state index < -0.39 is 0 Å². The number of aromatic amines is 1. The molecule has 2 aliphatic rings. The Morgan fingerprint density at radius 2 is 1.77 bits per heavy atom. The Hall–Kier alpha value is -2.94. The third kappa shape index (κ3) is 7.97. The predicted octanol–water partition coefficient (Wildman–Crippen LogP) is 3.24. The maximum atomic E-state index is 11.8. The molecule has 1 saturated heterocycles. The second kappa shape index (κ2) is 14.7. The Morgan fingerprint density at radius 3 is 2.49 bits per heavy atom. The summed E-state index contributed by atoms with van der Waals surface area (Å²) in [7, 11) is 0.750. The molecule has 1 fully saturated rings. The number of hydrogen-bond acceptors (Lipinski definition) is 6. The molecule has 0 radical (unpaired) electrons. The minimum absolute atomic E-state index is 0. The van der Waals surface area contributed by atoms with Gasteiger partial charge in [0, 0.05) is 56.1 Å². The first-order valence-electron chi connectivity index (χ1n) is 14.7. The van der Waals surface area contributed by atoms with Gasteiger partial charge in [0.2, 0.25) is 0 Å². The summed E-state index contributed by atoms with van der Waals surface area (Å²) in [4.78, 5) is 24.3. The standard InChI is InChI=1S/C34H38N4O2.CH3O.Na/c1-24-4-6-25(7-5-24)31-20-34(2,3)12-10-27(31)22-37-14-16-38(17-15-37)29-9-8-28(23-39)32(19-29)40-30-18-26-11-13-35-33(26)36-21-30;1-2;/h4-9,11,13,18-19,21,23H,10,12,14-17,20,22H2,1-3H3,(H,35,36);1H3;/q;-1;+1. The summed E-state index contributed by atoms with van der Waals surface area (Å²) in [5, 5.41) is 9.22. The summed E-state index contributed by atoms with van der Waals surface area (Å²) in [6.07, 6.45) is 7.95. The summed E-state index contributed by atoms with van der Waals surface area (Å²) in [5.74, 6) is 1.18. The van der Waals surface area contributed by atoms with Gasteiger partial charge in [-0.15, -0.1) is 0 Å². The molecule has 1 N–H and O–H groups in total. The van der Waals surface area contributed by atoms with E-state index in [1.165, 1.54) is 24.0 Å². The first-order chi connectivity index (χ1) is 20.4. The van der Waals surface area contributed by atoms with E-state index in [1.54, 1.807) is 17.3 Å². The van der Waals surface area contributed by atoms with Crippen molar-refractivity contribution in [3.63, 3.8) is 0 Å². The Labute approximate surface area is 277 Å². The number of benzene rings is 2. The molecule has 4 aromatic rings. The first-order valence-corrected chi connectivity index (χ1v) is 14.7. The van der Waals surface area contributed by atoms with Crippen molar-refractivity contribution in [2.75, 3.05) is 44.7 Å². The number of aromatic nitrogens is 2. The van der Waals surface area contributed by atoms with Crippen LogP contribution in [0.2, 0.25) is 0 Å². The summed E-state index contributed by atoms with van der Waals surface area (Å²) in [5.41, 5.74) is 8.63. The number of pyridine rings is 1. The number of piperazine rings is 1. The van der Waals surface area contributed by atoms with Crippen LogP contribution in [0.4, 0.5) is 5.69 Å². The number of fused-ring (bicyclic) bond motifs is 1. The number of allylic oxidation sites excluding steroid dienone is 1. The van der Waals surface area contributed by atoms with Crippen molar-refractivity contribution < 1.29 is 44.2 Å². The Morgan fingerprint density at radius 1 is 1.02 bits per heavy atom. The Kier molecular flexibility index (Phi) is 11.3. The van der Waals surface area contributed by atoms with Crippen molar-refractivity contribution >= 4 is 28.6 Å². The molecule has 2 aromatic carbocycles. The maximum Gasteiger partial charge on any atom is 1.00 e. The van der Waals surface area contributed by atoms with Gasteiger partial charge in [-0.25, -0.2) is 4.98 Å². The smallest absolute Gasteiger partial charge is 0.857 e. The third-order valence-corrected chi connectivity index (χ3v) is 8.46. The summed E-state index contributed by atoms with van der Waals surface area (Å²) < 4.78 is 6.16. The summed E-state index contributed by atoms with van der Waals surface area (Å²) >= 11 is 0. The fraction of sp³-hybridized carbons (Fsp3) is 0.371. The number of H-pyrrole nitrogens is 1. The molecule has 7 nitrogen and oxygen atoms in total. The number of nitrogens with one attached hydrogen (secondary N) is 1. The van der Waals surface area contributed by atoms with Gasteiger partial charge < -0.3 is 19.7 Å². The molecular weight excluding hydrogens is 547 g/mol. The number of nitrogens with zero attached hydrogens (tertiary/aromatic N) is 3. The molecule has 3 heterocycles. The minimum Gasteiger partial charge on any atom is -0.857 e. The molecule has 0 unspecified atom stereocenters. The Balaban J connectivity index is 0.00000138. The number of aryl methyl sites for hydroxylation is 1. The minimum atomic E-state index is 0. The van der Waals surface area contributed by atoms with E-state index in [4.69, 9.17) is 9.84 Å². The molecule has 6 rings (SSSR count). The molecule has 0 atom stereocenters. The van der Waals surface area contributed by atoms with Crippen LogP contribution in [0.5, 0.6) is 11.5 Å². The van der Waals surface area contributed by atoms with Crippen molar-refractivity contribution in [1.82, 2.24) is 14.9 Å². The average molecular weight is 589 g/mol. The number of hydrogen-bond donors (Lipinski definition) is 1. The number of anilines is 1. The van der Waals surface area contributed by atoms with Crippen molar-refractivity contribution in [3.05, 3.63) is 89.3 Å². The summed E-state index contributed by atoms with van der Waals surface area (Å²) in [6, 6.07) is 18.9. The van der Waals surface area contributed by atoms with E-state index >= 15 is 0 Å². The van der Waals surface area contributed by atoms with Gasteiger partial charge in [0.1, 0.15) is 17.1 Å². The normalized spacial score (nSPS) is 16.7. The van der Waals surface area contributed by atoms with Crippen LogP contribution in [-0.2, 0) is 0 Å². The second-order valence-corrected chi connectivity index (χ2v) is 12.1. The van der Waals surface area contributed by atoms with E-state index in [1.807, 2.05) is 36.5 Å². The maximum absolute atomic E-state index is 11.8. The molecule has 43 heavy (non-hydrogen) atoms. The second-order valence-electron chi connectivity index (χ2n) is 12.1. The molecule has 2 aromatic heterocycles. The van der Waals surface area contributed by atoms with Crippen LogP contribution < -0.4 is 44.3 Å². The molecule has 0 amide bonds. The van der Waals surface area contributed by atoms with Gasteiger partial charge in [-0.3, -0.25) is 9.69 Å². The summed E-state index contributed by atoms with van der Waals surface area (Å²) in [6.45, 7) is 11.9. The quantitative estimate of drug-likeness (QED) is 0.264. The molecule has 220 valence electrons. The monoisotopic (exact) mass is 588 g/mol. The fourth-order valence-electron chi connectivity index (χ4n) is 6.01. The number of carbonyl (C=O) groups excluding carboxylic acids is 1. The van der Waals surface area contributed by atoms with E-state index in [0.717, 1.165) is 69.3 Å². The fourth-order valence-corrected chi connectivity index (χ4v) is 6.01. The van der Waals surface area contributed by atoms with Crippen LogP contribution in [0.25, 0.3) is 16.6 Å². The van der Waals surface area contributed by atoms with Crippen molar-refractivity contribution in [1.29, 1.82) is 0 Å². The number of carbonyl (C=O) groups is 1. The largest absolute Gasteiger partial charge is 1.00 e. The van der Waals surface area contributed by atoms with Gasteiger partial charge in [0.25, 0.3) is 0 Å². The predicted molar refractivity (Wildman–Crippen MR) is 168 cm³/mol. The molecule has 0 saturated carbocycles. The van der Waals surface area contributed by atoms with Gasteiger partial charge in [0.05, 0.1) is 11.8 Å². The number of ether oxygens (including phenoxy) is 1. The van der Waals surface area contributed by atoms with E-state index in [2.05, 4.69) is 64.8 Å². The van der Waals surface area contributed by atoms with Gasteiger partial charge in [-0.05, 0) is 67.0 Å². The zero-order valence-corrected chi connectivity index (χ0v) is 28.2. The topological polar surface area (TPSA) is 84.5 Å². The van der Waals surface area contributed by atoms with Crippen LogP contribution >= 0.6 is 0 Å². The zero-order chi connectivity index (χ0) is 29.7. The van der Waals surface area contributed by atoms with Crippen LogP contribution in [0.3, 0.4) is 0 Å². The van der Waals surface area contributed by atoms with Gasteiger partial charge in [-0.1, -0.05) is 49.2 Å². The molecule has 1 aliphatic carbocycles. The van der Waals surface area contributed by atoms with Crippen LogP contribution in [0, 0.1) is 12.3 Å². The molecule has 1 aliphatic heterocycles. The van der Waals surface area contributed by atoms with E-state index in [9.17, 15) is 4.79 Å². The SMILES string of the molecule is C[O-].Cc1ccc(C2=C(CN3CCN(c4ccc(C=O)c(Oc5cnc6[nH]ccc6c5)c4)CC3)CCC(C)(C)C2)cc1.[Na+]. The van der Waals surface area contributed by atoms with Crippen LogP contribution in [0.15, 0.2) is 72.6 Å². The van der Waals surface area contributed by atoms with E-state index in [-0.39, 0.29) is 29.6 Å². The molecule has 0 spiro atoms. The molecule has 0 bridgehead atoms. The molecular formula is C35H41N4NaO3. The van der Waals surface area contributed by atoms with Crippen molar-refractivity contribution in [3.8, 4) is 11.5 Å². The Bertz CT molecular complexity index is 1550. The van der Waals surface area contributed by atoms with E-state index in [0.29, 0.717) is 22.5 Å². The van der Waals surface area contributed by atoms with Crippen molar-refractivity contribution in [2.45, 2.75) is 40.0 Å². The van der Waals surface area contributed by atoms with Crippen LogP contribution in [0.1, 0.15) is 54.6 Å².